The Morgan fingerprint density at radius 1 is 1.48 bits per heavy atom. The molecule has 21 heavy (non-hydrogen) atoms. The number of hydrogen-bond donors (Lipinski definition) is 3. The molecule has 0 aromatic carbocycles. The highest BCUT2D eigenvalue weighted by Gasteiger charge is 2.40. The zero-order chi connectivity index (χ0) is 15.3. The van der Waals surface area contributed by atoms with Gasteiger partial charge >= 0.3 is 6.03 Å². The maximum Gasteiger partial charge on any atom is 0.321 e. The molecule has 3 amide bonds. The van der Waals surface area contributed by atoms with E-state index in [4.69, 9.17) is 4.42 Å². The van der Waals surface area contributed by atoms with Crippen molar-refractivity contribution >= 4 is 11.9 Å². The predicted octanol–water partition coefficient (Wildman–Crippen LogP) is 0.452. The molecule has 0 radical (unpaired) electrons. The van der Waals surface area contributed by atoms with Gasteiger partial charge in [0.1, 0.15) is 5.76 Å². The largest absolute Gasteiger partial charge is 0.467 e. The number of nitrogens with one attached hydrogen (secondary N) is 2. The third kappa shape index (κ3) is 4.57. The SMILES string of the molecule is CCCC1(O)CN(CC(=O)NC(=O)NCc2ccco2)C1. The summed E-state index contributed by atoms with van der Waals surface area (Å²) in [6.07, 6.45) is 3.15. The Balaban J connectivity index is 1.62. The molecule has 0 bridgehead atoms. The van der Waals surface area contributed by atoms with E-state index in [2.05, 4.69) is 10.6 Å². The monoisotopic (exact) mass is 295 g/mol. The number of rotatable bonds is 6. The lowest BCUT2D eigenvalue weighted by atomic mass is 9.89. The highest BCUT2D eigenvalue weighted by Crippen LogP contribution is 2.24. The van der Waals surface area contributed by atoms with Gasteiger partial charge in [-0.25, -0.2) is 4.79 Å². The minimum absolute atomic E-state index is 0.111. The quantitative estimate of drug-likeness (QED) is 0.708. The van der Waals surface area contributed by atoms with Crippen LogP contribution in [0.4, 0.5) is 4.79 Å². The lowest BCUT2D eigenvalue weighted by Crippen LogP contribution is -2.63. The Kier molecular flexibility index (Phi) is 4.98. The van der Waals surface area contributed by atoms with Crippen molar-refractivity contribution in [2.45, 2.75) is 31.9 Å². The zero-order valence-electron chi connectivity index (χ0n) is 12.1. The van der Waals surface area contributed by atoms with Crippen molar-refractivity contribution in [1.29, 1.82) is 0 Å². The van der Waals surface area contributed by atoms with Crippen molar-refractivity contribution in [3.63, 3.8) is 0 Å². The van der Waals surface area contributed by atoms with E-state index in [1.165, 1.54) is 6.26 Å². The molecule has 1 fully saturated rings. The molecule has 0 saturated carbocycles. The third-order valence-electron chi connectivity index (χ3n) is 3.37. The van der Waals surface area contributed by atoms with Gasteiger partial charge in [-0.05, 0) is 18.6 Å². The van der Waals surface area contributed by atoms with Gasteiger partial charge in [0.2, 0.25) is 5.91 Å². The Morgan fingerprint density at radius 2 is 2.24 bits per heavy atom. The van der Waals surface area contributed by atoms with Crippen LogP contribution in [0.25, 0.3) is 0 Å². The van der Waals surface area contributed by atoms with Gasteiger partial charge in [-0.2, -0.15) is 0 Å². The molecule has 116 valence electrons. The van der Waals surface area contributed by atoms with Gasteiger partial charge in [0.25, 0.3) is 0 Å². The van der Waals surface area contributed by atoms with E-state index < -0.39 is 11.6 Å². The van der Waals surface area contributed by atoms with Crippen LogP contribution in [0.15, 0.2) is 22.8 Å². The lowest BCUT2D eigenvalue weighted by Gasteiger charge is -2.46. The second-order valence-corrected chi connectivity index (χ2v) is 5.43. The molecule has 2 rings (SSSR count). The van der Waals surface area contributed by atoms with E-state index >= 15 is 0 Å². The number of imide groups is 1. The zero-order valence-corrected chi connectivity index (χ0v) is 12.1. The Bertz CT molecular complexity index is 480. The van der Waals surface area contributed by atoms with Crippen molar-refractivity contribution < 1.29 is 19.1 Å². The number of urea groups is 1. The van der Waals surface area contributed by atoms with E-state index in [0.717, 1.165) is 12.8 Å². The molecule has 1 aliphatic rings. The summed E-state index contributed by atoms with van der Waals surface area (Å²) in [6.45, 7) is 3.30. The average Bonchev–Trinajstić information content (AvgIpc) is 2.87. The minimum atomic E-state index is -0.670. The number of carbonyl (C=O) groups excluding carboxylic acids is 2. The van der Waals surface area contributed by atoms with Crippen LogP contribution in [-0.2, 0) is 11.3 Å². The average molecular weight is 295 g/mol. The van der Waals surface area contributed by atoms with Crippen LogP contribution in [0.1, 0.15) is 25.5 Å². The fourth-order valence-corrected chi connectivity index (χ4v) is 2.52. The van der Waals surface area contributed by atoms with Crippen molar-refractivity contribution in [2.75, 3.05) is 19.6 Å². The molecule has 7 heteroatoms. The van der Waals surface area contributed by atoms with Gasteiger partial charge in [-0.15, -0.1) is 0 Å². The number of nitrogens with zero attached hydrogens (tertiary/aromatic N) is 1. The van der Waals surface area contributed by atoms with Crippen molar-refractivity contribution in [3.05, 3.63) is 24.2 Å². The summed E-state index contributed by atoms with van der Waals surface area (Å²) >= 11 is 0. The van der Waals surface area contributed by atoms with Crippen LogP contribution >= 0.6 is 0 Å². The Morgan fingerprint density at radius 3 is 2.86 bits per heavy atom. The van der Waals surface area contributed by atoms with Crippen molar-refractivity contribution in [2.24, 2.45) is 0 Å². The first-order valence-electron chi connectivity index (χ1n) is 7.05. The summed E-state index contributed by atoms with van der Waals surface area (Å²) in [5.41, 5.74) is -0.670. The van der Waals surface area contributed by atoms with E-state index in [-0.39, 0.29) is 19.0 Å². The summed E-state index contributed by atoms with van der Waals surface area (Å²) in [5, 5.41) is 14.8. The summed E-state index contributed by atoms with van der Waals surface area (Å²) in [5.74, 6) is 0.232. The van der Waals surface area contributed by atoms with Crippen LogP contribution in [-0.4, -0.2) is 47.2 Å². The smallest absolute Gasteiger partial charge is 0.321 e. The maximum atomic E-state index is 11.7. The Labute approximate surface area is 123 Å². The molecular weight excluding hydrogens is 274 g/mol. The molecule has 1 aromatic heterocycles. The number of furan rings is 1. The van der Waals surface area contributed by atoms with Crippen LogP contribution < -0.4 is 10.6 Å². The molecule has 1 saturated heterocycles. The van der Waals surface area contributed by atoms with Crippen LogP contribution in [0.3, 0.4) is 0 Å². The third-order valence-corrected chi connectivity index (χ3v) is 3.37. The van der Waals surface area contributed by atoms with Crippen molar-refractivity contribution in [1.82, 2.24) is 15.5 Å². The first-order chi connectivity index (χ1) is 10.0. The Hall–Kier alpha value is -1.86. The van der Waals surface area contributed by atoms with Gasteiger partial charge in [-0.3, -0.25) is 15.0 Å². The van der Waals surface area contributed by atoms with Gasteiger partial charge in [0.15, 0.2) is 0 Å². The van der Waals surface area contributed by atoms with E-state index in [1.54, 1.807) is 12.1 Å². The van der Waals surface area contributed by atoms with E-state index in [0.29, 0.717) is 18.8 Å². The fourth-order valence-electron chi connectivity index (χ4n) is 2.52. The molecule has 0 unspecified atom stereocenters. The molecule has 1 aromatic rings. The van der Waals surface area contributed by atoms with Gasteiger partial charge in [0.05, 0.1) is 25.0 Å². The fraction of sp³-hybridized carbons (Fsp3) is 0.571. The summed E-state index contributed by atoms with van der Waals surface area (Å²) in [7, 11) is 0. The predicted molar refractivity (Wildman–Crippen MR) is 75.4 cm³/mol. The molecule has 3 N–H and O–H groups in total. The normalized spacial score (nSPS) is 17.0. The first-order valence-corrected chi connectivity index (χ1v) is 7.05. The summed E-state index contributed by atoms with van der Waals surface area (Å²) in [6, 6.07) is 2.90. The van der Waals surface area contributed by atoms with E-state index in [1.807, 2.05) is 11.8 Å². The standard InChI is InChI=1S/C14H21N3O4/c1-2-5-14(20)9-17(10-14)8-12(18)16-13(19)15-7-11-4-3-6-21-11/h3-4,6,20H,2,5,7-10H2,1H3,(H2,15,16,18,19). The second kappa shape index (κ2) is 6.73. The van der Waals surface area contributed by atoms with Crippen molar-refractivity contribution in [3.8, 4) is 0 Å². The topological polar surface area (TPSA) is 94.8 Å². The number of carbonyl (C=O) groups is 2. The van der Waals surface area contributed by atoms with Crippen LogP contribution in [0.2, 0.25) is 0 Å². The van der Waals surface area contributed by atoms with Gasteiger partial charge in [0, 0.05) is 13.1 Å². The molecule has 7 nitrogen and oxygen atoms in total. The molecule has 1 aliphatic heterocycles. The first kappa shape index (κ1) is 15.5. The number of hydrogen-bond acceptors (Lipinski definition) is 5. The molecular formula is C14H21N3O4. The summed E-state index contributed by atoms with van der Waals surface area (Å²) < 4.78 is 5.06. The van der Waals surface area contributed by atoms with E-state index in [9.17, 15) is 14.7 Å². The number of amides is 3. The van der Waals surface area contributed by atoms with Crippen LogP contribution in [0.5, 0.6) is 0 Å². The highest BCUT2D eigenvalue weighted by atomic mass is 16.3. The molecule has 0 spiro atoms. The number of β-amino-alcohol motifs (C(OH)–C–C–N with tert-alkyl or cyclic N) is 1. The number of aliphatic hydroxyl groups is 1. The summed E-state index contributed by atoms with van der Waals surface area (Å²) in [4.78, 5) is 25.0. The molecule has 0 aliphatic carbocycles. The highest BCUT2D eigenvalue weighted by molar-refractivity contribution is 5.95. The van der Waals surface area contributed by atoms with Gasteiger partial charge in [-0.1, -0.05) is 13.3 Å². The maximum absolute atomic E-state index is 11.7. The minimum Gasteiger partial charge on any atom is -0.467 e. The molecule has 2 heterocycles. The number of likely N-dealkylation sites (tertiary alicyclic amines) is 1. The molecule has 0 atom stereocenters. The second-order valence-electron chi connectivity index (χ2n) is 5.43. The van der Waals surface area contributed by atoms with Crippen LogP contribution in [0, 0.1) is 0 Å². The lowest BCUT2D eigenvalue weighted by molar-refractivity contribution is -0.132. The van der Waals surface area contributed by atoms with Gasteiger partial charge < -0.3 is 14.8 Å².